The average Bonchev–Trinajstić information content (AvgIpc) is 2.82. The Morgan fingerprint density at radius 3 is 2.79 bits per heavy atom. The molecule has 1 atom stereocenters. The first-order valence-corrected chi connectivity index (χ1v) is 8.28. The summed E-state index contributed by atoms with van der Waals surface area (Å²) in [5.74, 6) is 0.776. The third kappa shape index (κ3) is 3.92. The van der Waals surface area contributed by atoms with Crippen molar-refractivity contribution in [3.05, 3.63) is 52.2 Å². The Kier molecular flexibility index (Phi) is 5.13. The minimum atomic E-state index is -0.430. The molecule has 1 N–H and O–H groups in total. The van der Waals surface area contributed by atoms with Crippen molar-refractivity contribution in [2.24, 2.45) is 7.05 Å². The summed E-state index contributed by atoms with van der Waals surface area (Å²) in [6.07, 6.45) is -0.430. The maximum absolute atomic E-state index is 11.9. The lowest BCUT2D eigenvalue weighted by atomic mass is 10.2. The second kappa shape index (κ2) is 7.29. The first-order chi connectivity index (χ1) is 11.5. The molecule has 24 heavy (non-hydrogen) atoms. The van der Waals surface area contributed by atoms with Crippen molar-refractivity contribution < 1.29 is 5.11 Å². The van der Waals surface area contributed by atoms with Gasteiger partial charge >= 0.3 is 5.69 Å². The zero-order valence-electron chi connectivity index (χ0n) is 14.3. The van der Waals surface area contributed by atoms with Gasteiger partial charge in [-0.3, -0.25) is 14.4 Å². The number of β-amino-alcohol motifs (C(OH)–C–C–N with tert-alkyl or cyclic N) is 1. The number of aryl methyl sites for hydroxylation is 1. The van der Waals surface area contributed by atoms with Crippen LogP contribution in [0.2, 0.25) is 0 Å². The third-order valence-corrected chi connectivity index (χ3v) is 4.38. The van der Waals surface area contributed by atoms with Crippen LogP contribution < -0.4 is 5.69 Å². The van der Waals surface area contributed by atoms with Crippen LogP contribution in [0.3, 0.4) is 0 Å². The highest BCUT2D eigenvalue weighted by Crippen LogP contribution is 2.09. The lowest BCUT2D eigenvalue weighted by Crippen LogP contribution is -2.43. The second-order valence-electron chi connectivity index (χ2n) is 6.55. The smallest absolute Gasteiger partial charge is 0.345 e. The van der Waals surface area contributed by atoms with Gasteiger partial charge in [0.15, 0.2) is 0 Å². The van der Waals surface area contributed by atoms with E-state index in [9.17, 15) is 9.90 Å². The van der Waals surface area contributed by atoms with Crippen LogP contribution in [0.4, 0.5) is 0 Å². The largest absolute Gasteiger partial charge is 0.390 e. The Balaban J connectivity index is 1.50. The highest BCUT2D eigenvalue weighted by Gasteiger charge is 2.22. The average molecular weight is 331 g/mol. The predicted molar refractivity (Wildman–Crippen MR) is 91.5 cm³/mol. The van der Waals surface area contributed by atoms with E-state index in [1.807, 2.05) is 25.2 Å². The number of rotatable bonds is 6. The number of aliphatic hydroxyl groups is 1. The lowest BCUT2D eigenvalue weighted by Gasteiger charge is -2.29. The first kappa shape index (κ1) is 16.9. The Morgan fingerprint density at radius 1 is 1.29 bits per heavy atom. The molecule has 0 saturated heterocycles. The monoisotopic (exact) mass is 331 g/mol. The molecule has 0 bridgehead atoms. The molecule has 0 radical (unpaired) electrons. The number of aromatic nitrogens is 3. The molecule has 1 aliphatic heterocycles. The van der Waals surface area contributed by atoms with E-state index < -0.39 is 6.10 Å². The molecule has 130 valence electrons. The molecule has 1 unspecified atom stereocenters. The van der Waals surface area contributed by atoms with Crippen LogP contribution in [-0.2, 0) is 26.7 Å². The zero-order valence-corrected chi connectivity index (χ0v) is 14.3. The number of fused-ring (bicyclic) bond motifs is 1. The zero-order chi connectivity index (χ0) is 17.1. The molecule has 0 spiro atoms. The van der Waals surface area contributed by atoms with Crippen LogP contribution in [0.25, 0.3) is 0 Å². The maximum atomic E-state index is 11.9. The fourth-order valence-electron chi connectivity index (χ4n) is 3.25. The van der Waals surface area contributed by atoms with Gasteiger partial charge in [0.2, 0.25) is 0 Å². The van der Waals surface area contributed by atoms with Crippen molar-refractivity contribution in [3.63, 3.8) is 0 Å². The third-order valence-electron chi connectivity index (χ3n) is 4.38. The van der Waals surface area contributed by atoms with Crippen molar-refractivity contribution in [1.82, 2.24) is 24.1 Å². The summed E-state index contributed by atoms with van der Waals surface area (Å²) < 4.78 is 3.09. The number of benzene rings is 1. The van der Waals surface area contributed by atoms with Gasteiger partial charge in [0.05, 0.1) is 12.6 Å². The first-order valence-electron chi connectivity index (χ1n) is 8.28. The van der Waals surface area contributed by atoms with Crippen LogP contribution in [0.15, 0.2) is 35.1 Å². The Bertz CT molecular complexity index is 724. The second-order valence-corrected chi connectivity index (χ2v) is 6.55. The van der Waals surface area contributed by atoms with Crippen molar-refractivity contribution in [3.8, 4) is 0 Å². The molecule has 2 heterocycles. The van der Waals surface area contributed by atoms with E-state index in [1.165, 1.54) is 10.2 Å². The van der Waals surface area contributed by atoms with E-state index in [4.69, 9.17) is 0 Å². The van der Waals surface area contributed by atoms with Gasteiger partial charge in [-0.2, -0.15) is 5.10 Å². The van der Waals surface area contributed by atoms with E-state index in [1.54, 1.807) is 11.6 Å². The molecular weight excluding hydrogens is 306 g/mol. The van der Waals surface area contributed by atoms with Gasteiger partial charge in [0.1, 0.15) is 5.82 Å². The Hall–Kier alpha value is -1.96. The molecule has 0 fully saturated rings. The molecule has 0 saturated carbocycles. The molecule has 7 nitrogen and oxygen atoms in total. The maximum Gasteiger partial charge on any atom is 0.345 e. The SMILES string of the molecule is CN(Cc1ccccc1)CC(O)CN1CCn2c(nn(C)c2=O)C1. The molecule has 2 aromatic rings. The molecular formula is C17H25N5O2. The van der Waals surface area contributed by atoms with E-state index in [-0.39, 0.29) is 5.69 Å². The Labute approximate surface area is 141 Å². The van der Waals surface area contributed by atoms with Crippen LogP contribution in [0.5, 0.6) is 0 Å². The number of aliphatic hydroxyl groups excluding tert-OH is 1. The molecule has 0 amide bonds. The fraction of sp³-hybridized carbons (Fsp3) is 0.529. The summed E-state index contributed by atoms with van der Waals surface area (Å²) in [4.78, 5) is 16.1. The summed E-state index contributed by atoms with van der Waals surface area (Å²) in [5, 5.41) is 14.6. The van der Waals surface area contributed by atoms with E-state index in [0.29, 0.717) is 26.2 Å². The molecule has 3 rings (SSSR count). The molecule has 1 aromatic carbocycles. The summed E-state index contributed by atoms with van der Waals surface area (Å²) in [6, 6.07) is 10.2. The highest BCUT2D eigenvalue weighted by atomic mass is 16.3. The van der Waals surface area contributed by atoms with Gasteiger partial charge in [-0.25, -0.2) is 9.48 Å². The van der Waals surface area contributed by atoms with Gasteiger partial charge < -0.3 is 5.11 Å². The summed E-state index contributed by atoms with van der Waals surface area (Å²) >= 11 is 0. The minimum absolute atomic E-state index is 0.0622. The fourth-order valence-corrected chi connectivity index (χ4v) is 3.25. The van der Waals surface area contributed by atoms with E-state index >= 15 is 0 Å². The summed E-state index contributed by atoms with van der Waals surface area (Å²) in [6.45, 7) is 4.02. The van der Waals surface area contributed by atoms with Crippen molar-refractivity contribution in [2.75, 3.05) is 26.7 Å². The lowest BCUT2D eigenvalue weighted by molar-refractivity contribution is 0.0685. The van der Waals surface area contributed by atoms with Gasteiger partial charge in [0.25, 0.3) is 0 Å². The quantitative estimate of drug-likeness (QED) is 0.800. The number of likely N-dealkylation sites (N-methyl/N-ethyl adjacent to an activating group) is 1. The van der Waals surface area contributed by atoms with Crippen LogP contribution in [0.1, 0.15) is 11.4 Å². The Morgan fingerprint density at radius 2 is 2.04 bits per heavy atom. The van der Waals surface area contributed by atoms with Crippen molar-refractivity contribution in [1.29, 1.82) is 0 Å². The van der Waals surface area contributed by atoms with Crippen molar-refractivity contribution >= 4 is 0 Å². The highest BCUT2D eigenvalue weighted by molar-refractivity contribution is 5.14. The van der Waals surface area contributed by atoms with Gasteiger partial charge in [-0.1, -0.05) is 30.3 Å². The van der Waals surface area contributed by atoms with Crippen LogP contribution in [-0.4, -0.2) is 62.0 Å². The molecule has 7 heteroatoms. The standard InChI is InChI=1S/C17H25N5O2/c1-19(10-14-6-4-3-5-7-14)11-15(23)12-21-8-9-22-16(13-21)18-20(2)17(22)24/h3-7,15,23H,8-13H2,1-2H3. The predicted octanol–water partition coefficient (Wildman–Crippen LogP) is -0.110. The molecule has 1 aromatic heterocycles. The molecule has 1 aliphatic rings. The van der Waals surface area contributed by atoms with Gasteiger partial charge in [0, 0.05) is 39.8 Å². The van der Waals surface area contributed by atoms with E-state index in [2.05, 4.69) is 27.0 Å². The minimum Gasteiger partial charge on any atom is -0.390 e. The summed E-state index contributed by atoms with van der Waals surface area (Å²) in [5.41, 5.74) is 1.18. The normalized spacial score (nSPS) is 16.3. The van der Waals surface area contributed by atoms with Crippen LogP contribution >= 0.6 is 0 Å². The topological polar surface area (TPSA) is 66.5 Å². The number of hydrogen-bond acceptors (Lipinski definition) is 5. The molecule has 0 aliphatic carbocycles. The van der Waals surface area contributed by atoms with E-state index in [0.717, 1.165) is 18.9 Å². The number of hydrogen-bond donors (Lipinski definition) is 1. The van der Waals surface area contributed by atoms with Gasteiger partial charge in [-0.15, -0.1) is 0 Å². The van der Waals surface area contributed by atoms with Gasteiger partial charge in [-0.05, 0) is 12.6 Å². The van der Waals surface area contributed by atoms with Crippen LogP contribution in [0, 0.1) is 0 Å². The van der Waals surface area contributed by atoms with Crippen molar-refractivity contribution in [2.45, 2.75) is 25.7 Å². The summed E-state index contributed by atoms with van der Waals surface area (Å²) in [7, 11) is 3.69. The number of nitrogens with zero attached hydrogens (tertiary/aromatic N) is 5.